The molecule has 2 saturated heterocycles. The third kappa shape index (κ3) is 3.95. The molecule has 1 N–H and O–H groups in total. The molecule has 22 heavy (non-hydrogen) atoms. The molecule has 0 aromatic rings. The van der Waals surface area contributed by atoms with Crippen molar-refractivity contribution in [3.8, 4) is 0 Å². The van der Waals surface area contributed by atoms with Crippen molar-refractivity contribution in [1.29, 1.82) is 0 Å². The van der Waals surface area contributed by atoms with Gasteiger partial charge in [0.05, 0.1) is 6.61 Å². The maximum absolute atomic E-state index is 5.64. The molecular formula is C18H33N3O. The van der Waals surface area contributed by atoms with Crippen LogP contribution in [0.25, 0.3) is 0 Å². The topological polar surface area (TPSA) is 36.9 Å². The minimum absolute atomic E-state index is 0.416. The van der Waals surface area contributed by atoms with E-state index < -0.39 is 0 Å². The zero-order valence-electron chi connectivity index (χ0n) is 14.3. The van der Waals surface area contributed by atoms with Crippen LogP contribution >= 0.6 is 0 Å². The summed E-state index contributed by atoms with van der Waals surface area (Å²) >= 11 is 0. The van der Waals surface area contributed by atoms with Crippen LogP contribution < -0.4 is 5.32 Å². The van der Waals surface area contributed by atoms with Crippen LogP contribution in [0.3, 0.4) is 0 Å². The number of likely N-dealkylation sites (tertiary alicyclic amines) is 1. The molecule has 4 heteroatoms. The van der Waals surface area contributed by atoms with E-state index in [2.05, 4.69) is 17.1 Å². The average Bonchev–Trinajstić information content (AvgIpc) is 3.18. The highest BCUT2D eigenvalue weighted by Gasteiger charge is 2.42. The Balaban J connectivity index is 1.51. The van der Waals surface area contributed by atoms with E-state index in [1.54, 1.807) is 0 Å². The zero-order valence-corrected chi connectivity index (χ0v) is 14.3. The molecule has 1 spiro atoms. The Bertz CT molecular complexity index is 371. The van der Waals surface area contributed by atoms with Crippen molar-refractivity contribution in [1.82, 2.24) is 10.2 Å². The lowest BCUT2D eigenvalue weighted by Gasteiger charge is -2.25. The maximum atomic E-state index is 5.64. The van der Waals surface area contributed by atoms with Crippen molar-refractivity contribution in [3.05, 3.63) is 0 Å². The summed E-state index contributed by atoms with van der Waals surface area (Å²) in [6.07, 6.45) is 10.9. The van der Waals surface area contributed by atoms with Gasteiger partial charge >= 0.3 is 0 Å². The number of ether oxygens (including phenoxy) is 1. The van der Waals surface area contributed by atoms with Crippen LogP contribution in [0.2, 0.25) is 0 Å². The van der Waals surface area contributed by atoms with Crippen LogP contribution in [-0.4, -0.2) is 50.3 Å². The molecule has 3 fully saturated rings. The quantitative estimate of drug-likeness (QED) is 0.641. The minimum Gasteiger partial charge on any atom is -0.381 e. The van der Waals surface area contributed by atoms with Crippen LogP contribution in [-0.2, 0) is 4.74 Å². The molecule has 3 aliphatic rings. The van der Waals surface area contributed by atoms with Crippen LogP contribution in [0.15, 0.2) is 4.99 Å². The van der Waals surface area contributed by atoms with Gasteiger partial charge in [0, 0.05) is 38.2 Å². The van der Waals surface area contributed by atoms with E-state index in [1.807, 2.05) is 0 Å². The molecule has 126 valence electrons. The third-order valence-electron chi connectivity index (χ3n) is 5.78. The van der Waals surface area contributed by atoms with Crippen molar-refractivity contribution in [3.63, 3.8) is 0 Å². The minimum atomic E-state index is 0.416. The molecule has 1 unspecified atom stereocenters. The Morgan fingerprint density at radius 3 is 2.86 bits per heavy atom. The largest absolute Gasteiger partial charge is 0.381 e. The van der Waals surface area contributed by atoms with Crippen molar-refractivity contribution < 1.29 is 4.74 Å². The van der Waals surface area contributed by atoms with E-state index >= 15 is 0 Å². The molecule has 0 radical (unpaired) electrons. The lowest BCUT2D eigenvalue weighted by atomic mass is 9.87. The molecule has 0 amide bonds. The molecule has 2 heterocycles. The SMILES string of the molecule is CCNC(=NCCC1CCCCC1)N1CCC2(CCOC2)C1. The van der Waals surface area contributed by atoms with Gasteiger partial charge in [-0.15, -0.1) is 0 Å². The monoisotopic (exact) mass is 307 g/mol. The number of nitrogens with zero attached hydrogens (tertiary/aromatic N) is 2. The highest BCUT2D eigenvalue weighted by atomic mass is 16.5. The standard InChI is InChI=1S/C18H33N3O/c1-2-19-17(20-11-8-16-6-4-3-5-7-16)21-12-9-18(14-21)10-13-22-15-18/h16H,2-15H2,1H3,(H,19,20). The lowest BCUT2D eigenvalue weighted by Crippen LogP contribution is -2.41. The Morgan fingerprint density at radius 2 is 2.14 bits per heavy atom. The Morgan fingerprint density at radius 1 is 1.27 bits per heavy atom. The third-order valence-corrected chi connectivity index (χ3v) is 5.78. The Labute approximate surface area is 135 Å². The molecule has 2 aliphatic heterocycles. The van der Waals surface area contributed by atoms with Gasteiger partial charge in [-0.25, -0.2) is 0 Å². The normalized spacial score (nSPS) is 30.4. The predicted octanol–water partition coefficient (Wildman–Crippen LogP) is 3.03. The molecular weight excluding hydrogens is 274 g/mol. The van der Waals surface area contributed by atoms with Gasteiger partial charge in [-0.05, 0) is 32.1 Å². The van der Waals surface area contributed by atoms with Crippen molar-refractivity contribution >= 4 is 5.96 Å². The van der Waals surface area contributed by atoms with Gasteiger partial charge < -0.3 is 15.0 Å². The smallest absolute Gasteiger partial charge is 0.193 e. The van der Waals surface area contributed by atoms with Gasteiger partial charge in [-0.1, -0.05) is 32.1 Å². The zero-order chi connectivity index (χ0) is 15.3. The summed E-state index contributed by atoms with van der Waals surface area (Å²) in [5.74, 6) is 2.07. The summed E-state index contributed by atoms with van der Waals surface area (Å²) in [5, 5.41) is 3.50. The second kappa shape index (κ2) is 7.67. The Kier molecular flexibility index (Phi) is 5.61. The summed E-state index contributed by atoms with van der Waals surface area (Å²) < 4.78 is 5.64. The van der Waals surface area contributed by atoms with Gasteiger partial charge in [-0.2, -0.15) is 0 Å². The molecule has 0 aromatic heterocycles. The number of guanidine groups is 1. The fourth-order valence-corrected chi connectivity index (χ4v) is 4.34. The molecule has 4 nitrogen and oxygen atoms in total. The Hall–Kier alpha value is -0.770. The summed E-state index contributed by atoms with van der Waals surface area (Å²) in [6.45, 7) is 8.28. The highest BCUT2D eigenvalue weighted by Crippen LogP contribution is 2.38. The number of hydrogen-bond donors (Lipinski definition) is 1. The van der Waals surface area contributed by atoms with E-state index in [0.29, 0.717) is 5.41 Å². The first kappa shape index (κ1) is 16.1. The van der Waals surface area contributed by atoms with Crippen molar-refractivity contribution in [2.75, 3.05) is 39.4 Å². The first-order valence-electron chi connectivity index (χ1n) is 9.42. The lowest BCUT2D eigenvalue weighted by molar-refractivity contribution is 0.156. The number of rotatable bonds is 4. The van der Waals surface area contributed by atoms with Gasteiger partial charge in [-0.3, -0.25) is 4.99 Å². The first-order valence-corrected chi connectivity index (χ1v) is 9.42. The van der Waals surface area contributed by atoms with Crippen molar-refractivity contribution in [2.24, 2.45) is 16.3 Å². The van der Waals surface area contributed by atoms with E-state index in [9.17, 15) is 0 Å². The second-order valence-corrected chi connectivity index (χ2v) is 7.50. The van der Waals surface area contributed by atoms with E-state index in [0.717, 1.165) is 51.3 Å². The molecule has 0 aromatic carbocycles. The molecule has 3 rings (SSSR count). The number of nitrogens with one attached hydrogen (secondary N) is 1. The molecule has 1 atom stereocenters. The fraction of sp³-hybridized carbons (Fsp3) is 0.944. The van der Waals surface area contributed by atoms with Crippen molar-refractivity contribution in [2.45, 2.75) is 58.3 Å². The summed E-state index contributed by atoms with van der Waals surface area (Å²) in [6, 6.07) is 0. The van der Waals surface area contributed by atoms with E-state index in [1.165, 1.54) is 51.4 Å². The summed E-state index contributed by atoms with van der Waals surface area (Å²) in [5.41, 5.74) is 0.416. The van der Waals surface area contributed by atoms with E-state index in [4.69, 9.17) is 9.73 Å². The van der Waals surface area contributed by atoms with Crippen LogP contribution in [0.4, 0.5) is 0 Å². The maximum Gasteiger partial charge on any atom is 0.193 e. The van der Waals surface area contributed by atoms with Gasteiger partial charge in [0.2, 0.25) is 0 Å². The highest BCUT2D eigenvalue weighted by molar-refractivity contribution is 5.80. The van der Waals surface area contributed by atoms with Crippen LogP contribution in [0.5, 0.6) is 0 Å². The average molecular weight is 307 g/mol. The number of hydrogen-bond acceptors (Lipinski definition) is 2. The first-order chi connectivity index (χ1) is 10.8. The molecule has 0 bridgehead atoms. The van der Waals surface area contributed by atoms with Gasteiger partial charge in [0.25, 0.3) is 0 Å². The summed E-state index contributed by atoms with van der Waals surface area (Å²) in [4.78, 5) is 7.41. The summed E-state index contributed by atoms with van der Waals surface area (Å²) in [7, 11) is 0. The van der Waals surface area contributed by atoms with Crippen LogP contribution in [0.1, 0.15) is 58.3 Å². The van der Waals surface area contributed by atoms with E-state index in [-0.39, 0.29) is 0 Å². The van der Waals surface area contributed by atoms with Gasteiger partial charge in [0.1, 0.15) is 0 Å². The molecule has 1 saturated carbocycles. The number of aliphatic imine (C=N–C) groups is 1. The van der Waals surface area contributed by atoms with Crippen LogP contribution in [0, 0.1) is 11.3 Å². The molecule has 1 aliphatic carbocycles. The second-order valence-electron chi connectivity index (χ2n) is 7.50. The fourth-order valence-electron chi connectivity index (χ4n) is 4.34. The predicted molar refractivity (Wildman–Crippen MR) is 91.2 cm³/mol. The van der Waals surface area contributed by atoms with Gasteiger partial charge in [0.15, 0.2) is 5.96 Å².